The van der Waals surface area contributed by atoms with Crippen molar-refractivity contribution in [3.8, 4) is 5.75 Å². The van der Waals surface area contributed by atoms with Crippen LogP contribution >= 0.6 is 0 Å². The van der Waals surface area contributed by atoms with Crippen LogP contribution in [0.5, 0.6) is 5.75 Å². The molecule has 0 spiro atoms. The maximum Gasteiger partial charge on any atom is 0.326 e. The smallest absolute Gasteiger partial charge is 0.326 e. The average molecular weight is 287 g/mol. The van der Waals surface area contributed by atoms with E-state index in [-0.39, 0.29) is 12.6 Å². The molecule has 0 saturated heterocycles. The van der Waals surface area contributed by atoms with E-state index in [9.17, 15) is 4.79 Å². The Hall–Kier alpha value is -2.07. The molecular formula is C17H21NO3. The summed E-state index contributed by atoms with van der Waals surface area (Å²) in [4.78, 5) is 11.7. The van der Waals surface area contributed by atoms with Gasteiger partial charge in [-0.25, -0.2) is 0 Å². The molecule has 0 bridgehead atoms. The predicted molar refractivity (Wildman–Crippen MR) is 83.5 cm³/mol. The Bertz CT molecular complexity index is 597. The predicted octanol–water partition coefficient (Wildman–Crippen LogP) is 2.76. The van der Waals surface area contributed by atoms with Crippen molar-refractivity contribution in [1.29, 1.82) is 0 Å². The molecule has 0 aliphatic heterocycles. The summed E-state index contributed by atoms with van der Waals surface area (Å²) in [5.41, 5.74) is 0. The zero-order valence-electron chi connectivity index (χ0n) is 12.5. The standard InChI is InChI=1S/C17H21NO3/c1-3-10-18-16(17(19)20-2)12-21-15-9-8-13-6-4-5-7-14(13)11-15/h4-9,11,16,18H,3,10,12H2,1-2H3. The Kier molecular flexibility index (Phi) is 5.58. The lowest BCUT2D eigenvalue weighted by atomic mass is 10.1. The SMILES string of the molecule is CCCNC(COc1ccc2ccccc2c1)C(=O)OC. The van der Waals surface area contributed by atoms with Gasteiger partial charge in [0.25, 0.3) is 0 Å². The van der Waals surface area contributed by atoms with Crippen LogP contribution in [0.3, 0.4) is 0 Å². The summed E-state index contributed by atoms with van der Waals surface area (Å²) >= 11 is 0. The van der Waals surface area contributed by atoms with Crippen LogP contribution in [-0.2, 0) is 9.53 Å². The molecule has 0 fully saturated rings. The highest BCUT2D eigenvalue weighted by Gasteiger charge is 2.18. The second kappa shape index (κ2) is 7.64. The number of hydrogen-bond donors (Lipinski definition) is 1. The second-order valence-electron chi connectivity index (χ2n) is 4.85. The molecule has 1 N–H and O–H groups in total. The molecule has 21 heavy (non-hydrogen) atoms. The summed E-state index contributed by atoms with van der Waals surface area (Å²) in [6, 6.07) is 13.5. The first-order chi connectivity index (χ1) is 10.2. The summed E-state index contributed by atoms with van der Waals surface area (Å²) in [6.45, 7) is 3.05. The minimum Gasteiger partial charge on any atom is -0.491 e. The molecule has 2 aromatic carbocycles. The fourth-order valence-corrected chi connectivity index (χ4v) is 2.11. The van der Waals surface area contributed by atoms with E-state index in [0.717, 1.165) is 24.1 Å². The number of fused-ring (bicyclic) bond motifs is 1. The molecule has 0 saturated carbocycles. The third kappa shape index (κ3) is 4.20. The molecule has 4 heteroatoms. The molecule has 1 atom stereocenters. The van der Waals surface area contributed by atoms with E-state index < -0.39 is 6.04 Å². The van der Waals surface area contributed by atoms with Gasteiger partial charge in [0.1, 0.15) is 18.4 Å². The minimum absolute atomic E-state index is 0.255. The highest BCUT2D eigenvalue weighted by Crippen LogP contribution is 2.20. The second-order valence-corrected chi connectivity index (χ2v) is 4.85. The van der Waals surface area contributed by atoms with Crippen LogP contribution in [0.25, 0.3) is 10.8 Å². The highest BCUT2D eigenvalue weighted by atomic mass is 16.5. The van der Waals surface area contributed by atoms with Gasteiger partial charge in [-0.05, 0) is 35.9 Å². The number of carbonyl (C=O) groups is 1. The van der Waals surface area contributed by atoms with Crippen LogP contribution in [0.2, 0.25) is 0 Å². The van der Waals surface area contributed by atoms with Crippen LogP contribution in [0, 0.1) is 0 Å². The van der Waals surface area contributed by atoms with Crippen molar-refractivity contribution >= 4 is 16.7 Å². The van der Waals surface area contributed by atoms with Gasteiger partial charge in [0.2, 0.25) is 0 Å². The molecule has 0 aromatic heterocycles. The van der Waals surface area contributed by atoms with E-state index in [2.05, 4.69) is 11.4 Å². The topological polar surface area (TPSA) is 47.6 Å². The lowest BCUT2D eigenvalue weighted by molar-refractivity contribution is -0.143. The Morgan fingerprint density at radius 1 is 1.19 bits per heavy atom. The molecular weight excluding hydrogens is 266 g/mol. The number of nitrogens with one attached hydrogen (secondary N) is 1. The molecule has 4 nitrogen and oxygen atoms in total. The first-order valence-electron chi connectivity index (χ1n) is 7.17. The Morgan fingerprint density at radius 3 is 2.67 bits per heavy atom. The molecule has 0 amide bonds. The zero-order valence-corrected chi connectivity index (χ0v) is 12.5. The van der Waals surface area contributed by atoms with E-state index in [1.807, 2.05) is 43.3 Å². The summed E-state index contributed by atoms with van der Waals surface area (Å²) in [6.07, 6.45) is 0.948. The van der Waals surface area contributed by atoms with Gasteiger partial charge in [0.05, 0.1) is 7.11 Å². The molecule has 2 rings (SSSR count). The van der Waals surface area contributed by atoms with E-state index in [4.69, 9.17) is 9.47 Å². The minimum atomic E-state index is -0.443. The van der Waals surface area contributed by atoms with Gasteiger partial charge in [-0.2, -0.15) is 0 Å². The van der Waals surface area contributed by atoms with E-state index in [1.54, 1.807) is 0 Å². The molecule has 0 radical (unpaired) electrons. The molecule has 0 heterocycles. The maximum absolute atomic E-state index is 11.7. The Morgan fingerprint density at radius 2 is 1.95 bits per heavy atom. The van der Waals surface area contributed by atoms with Crippen LogP contribution in [0.1, 0.15) is 13.3 Å². The molecule has 0 aliphatic rings. The van der Waals surface area contributed by atoms with Crippen molar-refractivity contribution in [2.45, 2.75) is 19.4 Å². The average Bonchev–Trinajstić information content (AvgIpc) is 2.54. The summed E-state index contributed by atoms with van der Waals surface area (Å²) in [5.74, 6) is 0.449. The zero-order chi connectivity index (χ0) is 15.1. The number of methoxy groups -OCH3 is 1. The largest absolute Gasteiger partial charge is 0.491 e. The van der Waals surface area contributed by atoms with Crippen LogP contribution < -0.4 is 10.1 Å². The van der Waals surface area contributed by atoms with Gasteiger partial charge in [0, 0.05) is 0 Å². The molecule has 1 unspecified atom stereocenters. The van der Waals surface area contributed by atoms with Crippen molar-refractivity contribution < 1.29 is 14.3 Å². The monoisotopic (exact) mass is 287 g/mol. The van der Waals surface area contributed by atoms with Gasteiger partial charge in [-0.15, -0.1) is 0 Å². The van der Waals surface area contributed by atoms with E-state index in [1.165, 1.54) is 12.5 Å². The number of hydrogen-bond acceptors (Lipinski definition) is 4. The van der Waals surface area contributed by atoms with E-state index >= 15 is 0 Å². The fraction of sp³-hybridized carbons (Fsp3) is 0.353. The lowest BCUT2D eigenvalue weighted by Gasteiger charge is -2.17. The van der Waals surface area contributed by atoms with Crippen LogP contribution in [0.15, 0.2) is 42.5 Å². The molecule has 112 valence electrons. The van der Waals surface area contributed by atoms with Gasteiger partial charge in [-0.3, -0.25) is 4.79 Å². The fourth-order valence-electron chi connectivity index (χ4n) is 2.11. The number of rotatable bonds is 7. The van der Waals surface area contributed by atoms with Crippen LogP contribution in [-0.4, -0.2) is 32.3 Å². The number of carbonyl (C=O) groups excluding carboxylic acids is 1. The summed E-state index contributed by atoms with van der Waals surface area (Å²) in [5, 5.41) is 5.41. The Labute approximate surface area is 125 Å². The van der Waals surface area contributed by atoms with Crippen molar-refractivity contribution in [3.63, 3.8) is 0 Å². The van der Waals surface area contributed by atoms with Gasteiger partial charge in [0.15, 0.2) is 0 Å². The van der Waals surface area contributed by atoms with Gasteiger partial charge in [-0.1, -0.05) is 37.3 Å². The van der Waals surface area contributed by atoms with Crippen molar-refractivity contribution in [3.05, 3.63) is 42.5 Å². The number of ether oxygens (including phenoxy) is 2. The van der Waals surface area contributed by atoms with Crippen molar-refractivity contribution in [2.75, 3.05) is 20.3 Å². The normalized spacial score (nSPS) is 12.1. The van der Waals surface area contributed by atoms with E-state index in [0.29, 0.717) is 0 Å². The quantitative estimate of drug-likeness (QED) is 0.795. The maximum atomic E-state index is 11.7. The number of esters is 1. The van der Waals surface area contributed by atoms with Crippen molar-refractivity contribution in [2.24, 2.45) is 0 Å². The molecule has 0 aliphatic carbocycles. The highest BCUT2D eigenvalue weighted by molar-refractivity contribution is 5.83. The number of benzene rings is 2. The van der Waals surface area contributed by atoms with Crippen LogP contribution in [0.4, 0.5) is 0 Å². The van der Waals surface area contributed by atoms with Gasteiger partial charge >= 0.3 is 5.97 Å². The summed E-state index contributed by atoms with van der Waals surface area (Å²) in [7, 11) is 1.39. The summed E-state index contributed by atoms with van der Waals surface area (Å²) < 4.78 is 10.5. The third-order valence-electron chi connectivity index (χ3n) is 3.26. The third-order valence-corrected chi connectivity index (χ3v) is 3.26. The Balaban J connectivity index is 2.02. The first kappa shape index (κ1) is 15.3. The lowest BCUT2D eigenvalue weighted by Crippen LogP contribution is -2.42. The first-order valence-corrected chi connectivity index (χ1v) is 7.17. The van der Waals surface area contributed by atoms with Gasteiger partial charge < -0.3 is 14.8 Å². The van der Waals surface area contributed by atoms with Crippen molar-refractivity contribution in [1.82, 2.24) is 5.32 Å². The molecule has 2 aromatic rings.